The number of benzene rings is 2. The molecule has 5 nitrogen and oxygen atoms in total. The molecule has 1 heterocycles. The molecule has 0 saturated carbocycles. The quantitative estimate of drug-likeness (QED) is 0.533. The van der Waals surface area contributed by atoms with Crippen LogP contribution < -0.4 is 20.7 Å². The zero-order valence-electron chi connectivity index (χ0n) is 16.2. The summed E-state index contributed by atoms with van der Waals surface area (Å²) >= 11 is 12.2. The van der Waals surface area contributed by atoms with E-state index in [0.29, 0.717) is 28.5 Å². The summed E-state index contributed by atoms with van der Waals surface area (Å²) in [6.07, 6.45) is 1.09. The van der Waals surface area contributed by atoms with Crippen LogP contribution in [0.15, 0.2) is 47.5 Å². The summed E-state index contributed by atoms with van der Waals surface area (Å²) in [7, 11) is 1.69. The number of aliphatic imine (C=N–C) groups is 1. The first kappa shape index (κ1) is 20.6. The molecule has 7 heteroatoms. The molecule has 1 aliphatic rings. The Labute approximate surface area is 176 Å². The largest absolute Gasteiger partial charge is 0.497 e. The molecule has 1 saturated heterocycles. The number of ether oxygens (including phenoxy) is 1. The second kappa shape index (κ2) is 9.39. The van der Waals surface area contributed by atoms with Crippen molar-refractivity contribution in [2.75, 3.05) is 31.6 Å². The van der Waals surface area contributed by atoms with Crippen molar-refractivity contribution in [1.82, 2.24) is 5.32 Å². The Morgan fingerprint density at radius 3 is 2.89 bits per heavy atom. The Morgan fingerprint density at radius 2 is 2.14 bits per heavy atom. The predicted molar refractivity (Wildman–Crippen MR) is 118 cm³/mol. The van der Waals surface area contributed by atoms with E-state index in [4.69, 9.17) is 33.7 Å². The fourth-order valence-corrected chi connectivity index (χ4v) is 4.02. The van der Waals surface area contributed by atoms with E-state index in [9.17, 15) is 0 Å². The number of methoxy groups -OCH3 is 1. The number of guanidine groups is 1. The Kier molecular flexibility index (Phi) is 6.92. The molecule has 3 rings (SSSR count). The Morgan fingerprint density at radius 1 is 1.32 bits per heavy atom. The van der Waals surface area contributed by atoms with Crippen LogP contribution in [-0.2, 0) is 0 Å². The minimum absolute atomic E-state index is 0.0506. The highest BCUT2D eigenvalue weighted by molar-refractivity contribution is 6.35. The molecule has 0 amide bonds. The molecule has 1 fully saturated rings. The number of hydrogen-bond donors (Lipinski definition) is 2. The van der Waals surface area contributed by atoms with Gasteiger partial charge in [0.1, 0.15) is 5.75 Å². The Bertz CT molecular complexity index is 843. The fraction of sp³-hybridized carbons (Fsp3) is 0.381. The van der Waals surface area contributed by atoms with Gasteiger partial charge in [0, 0.05) is 41.4 Å². The van der Waals surface area contributed by atoms with E-state index in [1.807, 2.05) is 31.2 Å². The smallest absolute Gasteiger partial charge is 0.189 e. The first-order valence-electron chi connectivity index (χ1n) is 9.36. The van der Waals surface area contributed by atoms with Gasteiger partial charge in [-0.1, -0.05) is 35.3 Å². The second-order valence-corrected chi connectivity index (χ2v) is 7.90. The molecule has 0 bridgehead atoms. The normalized spacial score (nSPS) is 18.2. The molecule has 2 aromatic rings. The zero-order valence-corrected chi connectivity index (χ0v) is 17.7. The van der Waals surface area contributed by atoms with Gasteiger partial charge in [0.25, 0.3) is 0 Å². The molecule has 0 spiro atoms. The van der Waals surface area contributed by atoms with Gasteiger partial charge in [-0.2, -0.15) is 0 Å². The van der Waals surface area contributed by atoms with Crippen LogP contribution in [0, 0.1) is 5.92 Å². The zero-order chi connectivity index (χ0) is 20.1. The maximum Gasteiger partial charge on any atom is 0.189 e. The summed E-state index contributed by atoms with van der Waals surface area (Å²) in [5, 5.41) is 4.44. The van der Waals surface area contributed by atoms with Crippen molar-refractivity contribution in [2.24, 2.45) is 16.6 Å². The van der Waals surface area contributed by atoms with Crippen LogP contribution in [0.2, 0.25) is 10.0 Å². The summed E-state index contributed by atoms with van der Waals surface area (Å²) in [5.41, 5.74) is 8.22. The van der Waals surface area contributed by atoms with E-state index in [2.05, 4.69) is 27.3 Å². The van der Waals surface area contributed by atoms with Gasteiger partial charge in [0.15, 0.2) is 5.96 Å². The van der Waals surface area contributed by atoms with Gasteiger partial charge in [-0.3, -0.25) is 4.99 Å². The highest BCUT2D eigenvalue weighted by atomic mass is 35.5. The molecule has 28 heavy (non-hydrogen) atoms. The topological polar surface area (TPSA) is 62.9 Å². The van der Waals surface area contributed by atoms with Gasteiger partial charge >= 0.3 is 0 Å². The van der Waals surface area contributed by atoms with E-state index < -0.39 is 0 Å². The number of nitrogens with one attached hydrogen (secondary N) is 1. The lowest BCUT2D eigenvalue weighted by molar-refractivity contribution is 0.415. The van der Waals surface area contributed by atoms with Gasteiger partial charge in [-0.15, -0.1) is 0 Å². The molecule has 1 aliphatic heterocycles. The fourth-order valence-electron chi connectivity index (χ4n) is 3.45. The lowest BCUT2D eigenvalue weighted by Gasteiger charge is -2.19. The van der Waals surface area contributed by atoms with Crippen molar-refractivity contribution in [3.8, 4) is 5.75 Å². The molecule has 2 aromatic carbocycles. The Balaban J connectivity index is 1.53. The predicted octanol–water partition coefficient (Wildman–Crippen LogP) is 4.49. The average Bonchev–Trinajstić information content (AvgIpc) is 3.15. The van der Waals surface area contributed by atoms with Crippen molar-refractivity contribution in [1.29, 1.82) is 0 Å². The lowest BCUT2D eigenvalue weighted by atomic mass is 10.1. The molecule has 2 atom stereocenters. The highest BCUT2D eigenvalue weighted by Crippen LogP contribution is 2.28. The summed E-state index contributed by atoms with van der Waals surface area (Å²) in [4.78, 5) is 6.91. The number of halogens is 2. The average molecular weight is 421 g/mol. The van der Waals surface area contributed by atoms with E-state index in [-0.39, 0.29) is 6.04 Å². The van der Waals surface area contributed by atoms with E-state index >= 15 is 0 Å². The van der Waals surface area contributed by atoms with Gasteiger partial charge in [0.2, 0.25) is 0 Å². The Hall–Kier alpha value is -2.11. The minimum Gasteiger partial charge on any atom is -0.497 e. The second-order valence-electron chi connectivity index (χ2n) is 7.06. The van der Waals surface area contributed by atoms with Crippen LogP contribution in [0.25, 0.3) is 0 Å². The lowest BCUT2D eigenvalue weighted by Crippen LogP contribution is -2.34. The van der Waals surface area contributed by atoms with Gasteiger partial charge in [-0.05, 0) is 49.1 Å². The van der Waals surface area contributed by atoms with Crippen LogP contribution in [0.1, 0.15) is 24.9 Å². The van der Waals surface area contributed by atoms with E-state index in [1.165, 1.54) is 5.69 Å². The first-order chi connectivity index (χ1) is 13.5. The highest BCUT2D eigenvalue weighted by Gasteiger charge is 2.23. The summed E-state index contributed by atoms with van der Waals surface area (Å²) in [6, 6.07) is 13.6. The van der Waals surface area contributed by atoms with Crippen molar-refractivity contribution in [2.45, 2.75) is 19.4 Å². The molecule has 0 aliphatic carbocycles. The van der Waals surface area contributed by atoms with Crippen molar-refractivity contribution >= 4 is 34.8 Å². The third-order valence-corrected chi connectivity index (χ3v) is 5.58. The monoisotopic (exact) mass is 420 g/mol. The standard InChI is InChI=1S/C21H26Cl2N4O/c1-14(19-7-6-16(22)10-20(19)23)26-21(24)25-12-15-8-9-27(13-15)17-4-3-5-18(11-17)28-2/h3-7,10-11,14-15H,8-9,12-13H2,1-2H3,(H3,24,25,26). The molecular formula is C21H26Cl2N4O. The van der Waals surface area contributed by atoms with Gasteiger partial charge < -0.3 is 20.7 Å². The summed E-state index contributed by atoms with van der Waals surface area (Å²) < 4.78 is 5.32. The van der Waals surface area contributed by atoms with Gasteiger partial charge in [0.05, 0.1) is 13.2 Å². The third-order valence-electron chi connectivity index (χ3n) is 5.02. The summed E-state index contributed by atoms with van der Waals surface area (Å²) in [5.74, 6) is 1.78. The van der Waals surface area contributed by atoms with Crippen LogP contribution >= 0.6 is 23.2 Å². The third kappa shape index (κ3) is 5.24. The number of hydrogen-bond acceptors (Lipinski definition) is 3. The summed E-state index contributed by atoms with van der Waals surface area (Å²) in [6.45, 7) is 4.66. The van der Waals surface area contributed by atoms with Crippen LogP contribution in [0.3, 0.4) is 0 Å². The van der Waals surface area contributed by atoms with Gasteiger partial charge in [-0.25, -0.2) is 0 Å². The SMILES string of the molecule is COc1cccc(N2CCC(CN=C(N)NC(C)c3ccc(Cl)cc3Cl)C2)c1. The van der Waals surface area contributed by atoms with Crippen LogP contribution in [0.5, 0.6) is 5.75 Å². The molecular weight excluding hydrogens is 395 g/mol. The molecule has 0 aromatic heterocycles. The molecule has 2 unspecified atom stereocenters. The number of nitrogens with two attached hydrogens (primary N) is 1. The maximum absolute atomic E-state index is 6.26. The van der Waals surface area contributed by atoms with Crippen LogP contribution in [-0.4, -0.2) is 32.7 Å². The number of nitrogens with zero attached hydrogens (tertiary/aromatic N) is 2. The minimum atomic E-state index is -0.0506. The first-order valence-corrected chi connectivity index (χ1v) is 10.1. The number of anilines is 1. The van der Waals surface area contributed by atoms with Crippen molar-refractivity contribution < 1.29 is 4.74 Å². The molecule has 150 valence electrons. The molecule has 3 N–H and O–H groups in total. The maximum atomic E-state index is 6.26. The van der Waals surface area contributed by atoms with E-state index in [1.54, 1.807) is 13.2 Å². The number of rotatable bonds is 6. The van der Waals surface area contributed by atoms with E-state index in [0.717, 1.165) is 30.8 Å². The molecule has 0 radical (unpaired) electrons. The van der Waals surface area contributed by atoms with Crippen LogP contribution in [0.4, 0.5) is 5.69 Å². The van der Waals surface area contributed by atoms with Crippen molar-refractivity contribution in [3.63, 3.8) is 0 Å². The van der Waals surface area contributed by atoms with Crippen molar-refractivity contribution in [3.05, 3.63) is 58.1 Å².